The van der Waals surface area contributed by atoms with Gasteiger partial charge in [-0.1, -0.05) is 0 Å². The van der Waals surface area contributed by atoms with E-state index in [9.17, 15) is 0 Å². The number of rotatable bonds is 2. The number of nitrogen functional groups attached to an aromatic ring is 1. The highest BCUT2D eigenvalue weighted by atomic mass is 15.0. The van der Waals surface area contributed by atoms with Crippen molar-refractivity contribution < 1.29 is 0 Å². The van der Waals surface area contributed by atoms with Crippen molar-refractivity contribution in [2.24, 2.45) is 5.92 Å². The Kier molecular flexibility index (Phi) is 1.37. The van der Waals surface area contributed by atoms with Crippen LogP contribution in [-0.2, 0) is 6.42 Å². The van der Waals surface area contributed by atoms with Gasteiger partial charge in [0.25, 0.3) is 0 Å². The van der Waals surface area contributed by atoms with Gasteiger partial charge in [0.15, 0.2) is 0 Å². The lowest BCUT2D eigenvalue weighted by atomic mass is 10.3. The molecule has 60 valence electrons. The summed E-state index contributed by atoms with van der Waals surface area (Å²) in [5, 5.41) is 0. The zero-order valence-corrected chi connectivity index (χ0v) is 6.72. The maximum atomic E-state index is 5.59. The summed E-state index contributed by atoms with van der Waals surface area (Å²) >= 11 is 0. The van der Waals surface area contributed by atoms with Crippen molar-refractivity contribution in [1.29, 1.82) is 0 Å². The molecule has 0 spiro atoms. The van der Waals surface area contributed by atoms with E-state index >= 15 is 0 Å². The minimum atomic E-state index is 0.653. The first-order chi connectivity index (χ1) is 5.25. The Balaban J connectivity index is 2.11. The van der Waals surface area contributed by atoms with Crippen LogP contribution >= 0.6 is 0 Å². The fourth-order valence-corrected chi connectivity index (χ4v) is 1.23. The van der Waals surface area contributed by atoms with Gasteiger partial charge in [0.05, 0.1) is 5.69 Å². The van der Waals surface area contributed by atoms with Gasteiger partial charge in [0.2, 0.25) is 0 Å². The van der Waals surface area contributed by atoms with Crippen molar-refractivity contribution in [1.82, 2.24) is 9.97 Å². The molecule has 0 amide bonds. The summed E-state index contributed by atoms with van der Waals surface area (Å²) in [5.41, 5.74) is 6.60. The number of nitrogens with two attached hydrogens (primary N) is 1. The normalized spacial score (nSPS) is 17.2. The Morgan fingerprint density at radius 3 is 2.82 bits per heavy atom. The summed E-state index contributed by atoms with van der Waals surface area (Å²) in [6.45, 7) is 1.96. The van der Waals surface area contributed by atoms with E-state index in [0.717, 1.165) is 23.9 Å². The van der Waals surface area contributed by atoms with Crippen LogP contribution in [0.25, 0.3) is 0 Å². The van der Waals surface area contributed by atoms with Crippen molar-refractivity contribution in [3.8, 4) is 0 Å². The highest BCUT2D eigenvalue weighted by molar-refractivity contribution is 5.34. The number of nitrogens with zero attached hydrogens (tertiary/aromatic N) is 1. The van der Waals surface area contributed by atoms with E-state index in [4.69, 9.17) is 5.73 Å². The quantitative estimate of drug-likeness (QED) is 0.668. The lowest BCUT2D eigenvalue weighted by Gasteiger charge is -1.89. The standard InChI is InChI=1S/C8H13N3/c1-5-8(9)11-7(10-5)4-6-2-3-6/h6H,2-4,9H2,1H3,(H,10,11). The molecule has 0 aromatic carbocycles. The summed E-state index contributed by atoms with van der Waals surface area (Å²) in [6.07, 6.45) is 3.80. The second-order valence-electron chi connectivity index (χ2n) is 3.34. The van der Waals surface area contributed by atoms with Gasteiger partial charge in [-0.2, -0.15) is 0 Å². The third-order valence-electron chi connectivity index (χ3n) is 2.15. The van der Waals surface area contributed by atoms with Crippen molar-refractivity contribution in [2.75, 3.05) is 5.73 Å². The predicted molar refractivity (Wildman–Crippen MR) is 44.2 cm³/mol. The zero-order chi connectivity index (χ0) is 7.84. The van der Waals surface area contributed by atoms with Crippen LogP contribution in [0.3, 0.4) is 0 Å². The molecule has 3 N–H and O–H groups in total. The third kappa shape index (κ3) is 1.37. The monoisotopic (exact) mass is 151 g/mol. The van der Waals surface area contributed by atoms with Crippen LogP contribution in [0.1, 0.15) is 24.4 Å². The lowest BCUT2D eigenvalue weighted by molar-refractivity contribution is 0.783. The van der Waals surface area contributed by atoms with Gasteiger partial charge in [-0.3, -0.25) is 0 Å². The maximum absolute atomic E-state index is 5.59. The number of hydrogen-bond donors (Lipinski definition) is 2. The minimum absolute atomic E-state index is 0.653. The molecule has 1 aromatic rings. The van der Waals surface area contributed by atoms with Crippen LogP contribution in [0, 0.1) is 12.8 Å². The van der Waals surface area contributed by atoms with Crippen molar-refractivity contribution in [3.63, 3.8) is 0 Å². The second-order valence-corrected chi connectivity index (χ2v) is 3.34. The van der Waals surface area contributed by atoms with Gasteiger partial charge in [-0.05, 0) is 25.7 Å². The highest BCUT2D eigenvalue weighted by Gasteiger charge is 2.22. The van der Waals surface area contributed by atoms with Gasteiger partial charge in [0, 0.05) is 6.42 Å². The molecular weight excluding hydrogens is 138 g/mol. The number of aromatic nitrogens is 2. The first kappa shape index (κ1) is 6.70. The van der Waals surface area contributed by atoms with E-state index in [1.807, 2.05) is 6.92 Å². The average molecular weight is 151 g/mol. The molecule has 3 nitrogen and oxygen atoms in total. The smallest absolute Gasteiger partial charge is 0.144 e. The Labute approximate surface area is 66.0 Å². The van der Waals surface area contributed by atoms with E-state index in [1.54, 1.807) is 0 Å². The van der Waals surface area contributed by atoms with Crippen LogP contribution in [0.15, 0.2) is 0 Å². The Bertz CT molecular complexity index is 241. The van der Waals surface area contributed by atoms with Crippen LogP contribution in [0.5, 0.6) is 0 Å². The first-order valence-corrected chi connectivity index (χ1v) is 4.06. The van der Waals surface area contributed by atoms with Crippen molar-refractivity contribution in [3.05, 3.63) is 11.5 Å². The minimum Gasteiger partial charge on any atom is -0.382 e. The molecule has 1 aliphatic rings. The molecular formula is C8H13N3. The van der Waals surface area contributed by atoms with E-state index in [0.29, 0.717) is 5.82 Å². The molecule has 2 rings (SSSR count). The lowest BCUT2D eigenvalue weighted by Crippen LogP contribution is -1.90. The molecule has 0 saturated heterocycles. The number of aromatic amines is 1. The first-order valence-electron chi connectivity index (χ1n) is 4.06. The number of H-pyrrole nitrogens is 1. The highest BCUT2D eigenvalue weighted by Crippen LogP contribution is 2.32. The molecule has 0 atom stereocenters. The van der Waals surface area contributed by atoms with Crippen LogP contribution in [0.2, 0.25) is 0 Å². The fourth-order valence-electron chi connectivity index (χ4n) is 1.23. The van der Waals surface area contributed by atoms with Crippen molar-refractivity contribution >= 4 is 5.82 Å². The largest absolute Gasteiger partial charge is 0.382 e. The van der Waals surface area contributed by atoms with Crippen LogP contribution < -0.4 is 5.73 Å². The molecule has 1 aromatic heterocycles. The molecule has 1 fully saturated rings. The summed E-state index contributed by atoms with van der Waals surface area (Å²) in [6, 6.07) is 0. The summed E-state index contributed by atoms with van der Waals surface area (Å²) in [7, 11) is 0. The molecule has 1 aliphatic carbocycles. The van der Waals surface area contributed by atoms with E-state index in [2.05, 4.69) is 9.97 Å². The van der Waals surface area contributed by atoms with E-state index in [1.165, 1.54) is 12.8 Å². The molecule has 1 saturated carbocycles. The molecule has 0 unspecified atom stereocenters. The molecule has 11 heavy (non-hydrogen) atoms. The van der Waals surface area contributed by atoms with E-state index < -0.39 is 0 Å². The second kappa shape index (κ2) is 2.26. The maximum Gasteiger partial charge on any atom is 0.144 e. The Hall–Kier alpha value is -0.990. The predicted octanol–water partition coefficient (Wildman–Crippen LogP) is 1.25. The van der Waals surface area contributed by atoms with Gasteiger partial charge in [-0.25, -0.2) is 4.98 Å². The number of anilines is 1. The summed E-state index contributed by atoms with van der Waals surface area (Å²) < 4.78 is 0. The number of hydrogen-bond acceptors (Lipinski definition) is 2. The van der Waals surface area contributed by atoms with Gasteiger partial charge in [-0.15, -0.1) is 0 Å². The number of nitrogens with one attached hydrogen (secondary N) is 1. The Morgan fingerprint density at radius 2 is 2.36 bits per heavy atom. The number of aryl methyl sites for hydroxylation is 1. The molecule has 0 radical (unpaired) electrons. The topological polar surface area (TPSA) is 54.7 Å². The molecule has 1 heterocycles. The average Bonchev–Trinajstić information content (AvgIpc) is 2.65. The third-order valence-corrected chi connectivity index (χ3v) is 2.15. The zero-order valence-electron chi connectivity index (χ0n) is 6.72. The molecule has 3 heteroatoms. The van der Waals surface area contributed by atoms with Crippen LogP contribution in [-0.4, -0.2) is 9.97 Å². The van der Waals surface area contributed by atoms with E-state index in [-0.39, 0.29) is 0 Å². The summed E-state index contributed by atoms with van der Waals surface area (Å²) in [5.74, 6) is 2.59. The van der Waals surface area contributed by atoms with Gasteiger partial charge in [0.1, 0.15) is 11.6 Å². The van der Waals surface area contributed by atoms with Crippen molar-refractivity contribution in [2.45, 2.75) is 26.2 Å². The SMILES string of the molecule is Cc1[nH]c(CC2CC2)nc1N. The molecule has 0 bridgehead atoms. The Morgan fingerprint density at radius 1 is 1.64 bits per heavy atom. The fraction of sp³-hybridized carbons (Fsp3) is 0.625. The van der Waals surface area contributed by atoms with Gasteiger partial charge >= 0.3 is 0 Å². The summed E-state index contributed by atoms with van der Waals surface area (Å²) in [4.78, 5) is 7.39. The van der Waals surface area contributed by atoms with Gasteiger partial charge < -0.3 is 10.7 Å². The molecule has 0 aliphatic heterocycles. The number of imidazole rings is 1. The van der Waals surface area contributed by atoms with Crippen LogP contribution in [0.4, 0.5) is 5.82 Å².